The molecule has 1 aromatic carbocycles. The molecule has 0 saturated carbocycles. The molecule has 7 heteroatoms. The first-order valence-corrected chi connectivity index (χ1v) is 10.7. The summed E-state index contributed by atoms with van der Waals surface area (Å²) in [5.41, 5.74) is 8.32. The number of imidazole rings is 1. The Bertz CT molecular complexity index is 1280. The molecular formula is C21H25N5OS. The first kappa shape index (κ1) is 18.8. The van der Waals surface area contributed by atoms with Gasteiger partial charge >= 0.3 is 0 Å². The molecule has 146 valence electrons. The number of hydrogen-bond acceptors (Lipinski definition) is 4. The molecule has 6 nitrogen and oxygen atoms in total. The van der Waals surface area contributed by atoms with E-state index in [2.05, 4.69) is 32.7 Å². The highest BCUT2D eigenvalue weighted by molar-refractivity contribution is 7.85. The second-order valence-electron chi connectivity index (χ2n) is 7.36. The fourth-order valence-corrected chi connectivity index (χ4v) is 4.85. The predicted octanol–water partition coefficient (Wildman–Crippen LogP) is 3.98. The van der Waals surface area contributed by atoms with E-state index >= 15 is 0 Å². The Morgan fingerprint density at radius 1 is 1.04 bits per heavy atom. The van der Waals surface area contributed by atoms with Crippen LogP contribution >= 0.6 is 0 Å². The second kappa shape index (κ2) is 6.51. The molecule has 0 radical (unpaired) electrons. The molecule has 0 bridgehead atoms. The van der Waals surface area contributed by atoms with Gasteiger partial charge in [0.25, 0.3) is 0 Å². The number of benzene rings is 1. The first-order valence-electron chi connectivity index (χ1n) is 9.43. The van der Waals surface area contributed by atoms with Gasteiger partial charge in [-0.25, -0.2) is 4.98 Å². The van der Waals surface area contributed by atoms with Gasteiger partial charge in [-0.2, -0.15) is 9.78 Å². The number of pyridine rings is 1. The van der Waals surface area contributed by atoms with Crippen LogP contribution in [0, 0.1) is 34.6 Å². The maximum atomic E-state index is 13.1. The van der Waals surface area contributed by atoms with E-state index in [1.54, 1.807) is 4.68 Å². The molecule has 0 aliphatic heterocycles. The van der Waals surface area contributed by atoms with Crippen molar-refractivity contribution in [3.05, 3.63) is 40.2 Å². The third-order valence-corrected chi connectivity index (χ3v) is 7.14. The van der Waals surface area contributed by atoms with E-state index in [4.69, 9.17) is 10.1 Å². The molecule has 0 fully saturated rings. The number of fused-ring (bicyclic) bond motifs is 2. The molecule has 0 saturated heterocycles. The van der Waals surface area contributed by atoms with Crippen molar-refractivity contribution in [2.75, 3.05) is 5.75 Å². The lowest BCUT2D eigenvalue weighted by Gasteiger charge is -2.11. The summed E-state index contributed by atoms with van der Waals surface area (Å²) in [4.78, 5) is 9.20. The highest BCUT2D eigenvalue weighted by atomic mass is 32.2. The lowest BCUT2D eigenvalue weighted by molar-refractivity contribution is 0.664. The lowest BCUT2D eigenvalue weighted by Crippen LogP contribution is -2.10. The van der Waals surface area contributed by atoms with Crippen LogP contribution in [0.4, 0.5) is 0 Å². The standard InChI is InChI=1S/C21H25N5OS/c1-8-28(27)20-18-14(5)12(3)13(4)15(6)19(18)24-26(20)21-23-16-9-11(2)22-10-17(16)25(21)7/h9-10H,8H2,1-7H3. The summed E-state index contributed by atoms with van der Waals surface area (Å²) < 4.78 is 16.9. The molecule has 3 aromatic heterocycles. The van der Waals surface area contributed by atoms with Crippen molar-refractivity contribution in [3.8, 4) is 5.95 Å². The van der Waals surface area contributed by atoms with E-state index in [9.17, 15) is 4.21 Å². The number of aryl methyl sites for hydroxylation is 4. The Morgan fingerprint density at radius 2 is 1.71 bits per heavy atom. The van der Waals surface area contributed by atoms with Crippen LogP contribution in [0.15, 0.2) is 17.3 Å². The van der Waals surface area contributed by atoms with E-state index in [1.807, 2.05) is 37.7 Å². The fourth-order valence-electron chi connectivity index (χ4n) is 3.78. The van der Waals surface area contributed by atoms with E-state index in [1.165, 1.54) is 11.1 Å². The minimum Gasteiger partial charge on any atom is -0.310 e. The van der Waals surface area contributed by atoms with E-state index in [-0.39, 0.29) is 0 Å². The zero-order valence-corrected chi connectivity index (χ0v) is 18.2. The normalized spacial score (nSPS) is 13.0. The predicted molar refractivity (Wildman–Crippen MR) is 114 cm³/mol. The van der Waals surface area contributed by atoms with Gasteiger partial charge in [-0.15, -0.1) is 0 Å². The van der Waals surface area contributed by atoms with Gasteiger partial charge in [0.05, 0.1) is 33.5 Å². The van der Waals surface area contributed by atoms with Crippen LogP contribution in [-0.4, -0.2) is 34.3 Å². The highest BCUT2D eigenvalue weighted by Gasteiger charge is 2.25. The molecule has 3 heterocycles. The Labute approximate surface area is 167 Å². The average Bonchev–Trinajstić information content (AvgIpc) is 3.22. The zero-order valence-electron chi connectivity index (χ0n) is 17.4. The largest absolute Gasteiger partial charge is 0.310 e. The monoisotopic (exact) mass is 395 g/mol. The first-order chi connectivity index (χ1) is 13.3. The minimum absolute atomic E-state index is 0.525. The average molecular weight is 396 g/mol. The van der Waals surface area contributed by atoms with Crippen molar-refractivity contribution in [1.29, 1.82) is 0 Å². The fraction of sp³-hybridized carbons (Fsp3) is 0.381. The molecule has 0 amide bonds. The summed E-state index contributed by atoms with van der Waals surface area (Å²) in [6.45, 7) is 12.3. The van der Waals surface area contributed by atoms with Crippen molar-refractivity contribution in [1.82, 2.24) is 24.3 Å². The maximum Gasteiger partial charge on any atom is 0.232 e. The van der Waals surface area contributed by atoms with Crippen LogP contribution in [0.2, 0.25) is 0 Å². The van der Waals surface area contributed by atoms with Gasteiger partial charge in [-0.05, 0) is 62.9 Å². The van der Waals surface area contributed by atoms with Crippen molar-refractivity contribution in [2.45, 2.75) is 46.6 Å². The van der Waals surface area contributed by atoms with E-state index < -0.39 is 10.8 Å². The van der Waals surface area contributed by atoms with E-state index in [0.29, 0.717) is 11.7 Å². The Kier molecular flexibility index (Phi) is 4.38. The lowest BCUT2D eigenvalue weighted by atomic mass is 9.96. The van der Waals surface area contributed by atoms with Crippen molar-refractivity contribution < 1.29 is 4.21 Å². The second-order valence-corrected chi connectivity index (χ2v) is 9.02. The zero-order chi connectivity index (χ0) is 20.3. The van der Waals surface area contributed by atoms with Gasteiger partial charge in [-0.3, -0.25) is 9.19 Å². The molecule has 1 atom stereocenters. The summed E-state index contributed by atoms with van der Waals surface area (Å²) in [5.74, 6) is 1.18. The maximum absolute atomic E-state index is 13.1. The van der Waals surface area contributed by atoms with Crippen LogP contribution in [0.5, 0.6) is 0 Å². The summed E-state index contributed by atoms with van der Waals surface area (Å²) >= 11 is 0. The number of nitrogens with zero attached hydrogens (tertiary/aromatic N) is 5. The molecule has 28 heavy (non-hydrogen) atoms. The van der Waals surface area contributed by atoms with E-state index in [0.717, 1.165) is 43.8 Å². The van der Waals surface area contributed by atoms with Gasteiger partial charge in [0.15, 0.2) is 0 Å². The number of rotatable bonds is 3. The Morgan fingerprint density at radius 3 is 2.39 bits per heavy atom. The van der Waals surface area contributed by atoms with Crippen LogP contribution in [0.25, 0.3) is 27.9 Å². The third kappa shape index (κ3) is 2.53. The third-order valence-electron chi connectivity index (χ3n) is 5.81. The highest BCUT2D eigenvalue weighted by Crippen LogP contribution is 2.34. The van der Waals surface area contributed by atoms with Crippen molar-refractivity contribution >= 4 is 32.7 Å². The number of hydrogen-bond donors (Lipinski definition) is 0. The van der Waals surface area contributed by atoms with Crippen molar-refractivity contribution in [2.24, 2.45) is 7.05 Å². The molecular weight excluding hydrogens is 370 g/mol. The number of aromatic nitrogens is 5. The van der Waals surface area contributed by atoms with Gasteiger partial charge in [-0.1, -0.05) is 6.92 Å². The van der Waals surface area contributed by atoms with Gasteiger partial charge in [0, 0.05) is 23.9 Å². The minimum atomic E-state index is -1.18. The Hall–Kier alpha value is -2.54. The van der Waals surface area contributed by atoms with Crippen LogP contribution in [0.3, 0.4) is 0 Å². The molecule has 4 aromatic rings. The summed E-state index contributed by atoms with van der Waals surface area (Å²) in [5, 5.41) is 6.63. The molecule has 0 spiro atoms. The summed E-state index contributed by atoms with van der Waals surface area (Å²) in [6, 6.07) is 1.96. The van der Waals surface area contributed by atoms with Gasteiger partial charge in [0.2, 0.25) is 5.95 Å². The van der Waals surface area contributed by atoms with Crippen molar-refractivity contribution in [3.63, 3.8) is 0 Å². The van der Waals surface area contributed by atoms with Crippen LogP contribution in [-0.2, 0) is 17.8 Å². The topological polar surface area (TPSA) is 65.6 Å². The molecule has 0 aliphatic carbocycles. The Balaban J connectivity index is 2.16. The van der Waals surface area contributed by atoms with Crippen LogP contribution < -0.4 is 0 Å². The smallest absolute Gasteiger partial charge is 0.232 e. The summed E-state index contributed by atoms with van der Waals surface area (Å²) in [6.07, 6.45) is 1.83. The van der Waals surface area contributed by atoms with Gasteiger partial charge < -0.3 is 4.57 Å². The molecule has 1 unspecified atom stereocenters. The van der Waals surface area contributed by atoms with Crippen LogP contribution in [0.1, 0.15) is 34.9 Å². The quantitative estimate of drug-likeness (QED) is 0.526. The SMILES string of the molecule is CCS(=O)c1c2c(C)c(C)c(C)c(C)c2nn1-c1nc2cc(C)ncc2n1C. The van der Waals surface area contributed by atoms with Gasteiger partial charge in [0.1, 0.15) is 5.03 Å². The molecule has 0 N–H and O–H groups in total. The molecule has 0 aliphatic rings. The summed E-state index contributed by atoms with van der Waals surface area (Å²) in [7, 11) is 0.765. The molecule has 4 rings (SSSR count).